The van der Waals surface area contributed by atoms with E-state index in [1.54, 1.807) is 0 Å². The van der Waals surface area contributed by atoms with E-state index < -0.39 is 0 Å². The van der Waals surface area contributed by atoms with Gasteiger partial charge in [0.05, 0.1) is 17.3 Å². The van der Waals surface area contributed by atoms with Gasteiger partial charge in [-0.15, -0.1) is 6.58 Å². The van der Waals surface area contributed by atoms with Crippen molar-refractivity contribution in [3.8, 4) is 0 Å². The number of fused-ring (bicyclic) bond motifs is 1. The predicted molar refractivity (Wildman–Crippen MR) is 92.8 cm³/mol. The van der Waals surface area contributed by atoms with Gasteiger partial charge < -0.3 is 0 Å². The van der Waals surface area contributed by atoms with Crippen molar-refractivity contribution in [2.75, 3.05) is 0 Å². The number of para-hydroxylation sites is 1. The van der Waals surface area contributed by atoms with E-state index in [4.69, 9.17) is 10.8 Å². The summed E-state index contributed by atoms with van der Waals surface area (Å²) in [5.41, 5.74) is 4.89. The number of nitrogens with zero attached hydrogens (tertiary/aromatic N) is 1. The highest BCUT2D eigenvalue weighted by molar-refractivity contribution is 9.10. The Kier molecular flexibility index (Phi) is 6.36. The number of nitrogens with two attached hydrogens (primary N) is 1. The van der Waals surface area contributed by atoms with Crippen LogP contribution in [0.4, 0.5) is 0 Å². The summed E-state index contributed by atoms with van der Waals surface area (Å²) in [4.78, 5) is 4.76. The molecule has 0 bridgehead atoms. The second-order valence-electron chi connectivity index (χ2n) is 5.19. The molecule has 2 rings (SSSR count). The molecule has 3 nitrogen and oxygen atoms in total. The molecule has 0 saturated carbocycles. The van der Waals surface area contributed by atoms with Crippen molar-refractivity contribution in [2.24, 2.45) is 5.84 Å². The summed E-state index contributed by atoms with van der Waals surface area (Å²) in [6.07, 6.45) is 7.54. The van der Waals surface area contributed by atoms with Crippen LogP contribution < -0.4 is 11.3 Å². The normalized spacial score (nSPS) is 12.5. The smallest absolute Gasteiger partial charge is 0.0736 e. The molecule has 0 aliphatic heterocycles. The topological polar surface area (TPSA) is 50.9 Å². The largest absolute Gasteiger partial charge is 0.271 e. The highest BCUT2D eigenvalue weighted by Gasteiger charge is 2.15. The van der Waals surface area contributed by atoms with Crippen molar-refractivity contribution in [1.82, 2.24) is 10.4 Å². The Morgan fingerprint density at radius 3 is 2.86 bits per heavy atom. The third kappa shape index (κ3) is 4.37. The first kappa shape index (κ1) is 16.1. The minimum atomic E-state index is 0.0766. The van der Waals surface area contributed by atoms with Gasteiger partial charge in [-0.1, -0.05) is 37.1 Å². The van der Waals surface area contributed by atoms with Crippen molar-refractivity contribution in [3.05, 3.63) is 53.2 Å². The molecule has 1 atom stereocenters. The number of rotatable bonds is 8. The van der Waals surface area contributed by atoms with Crippen LogP contribution in [0.2, 0.25) is 0 Å². The summed E-state index contributed by atoms with van der Waals surface area (Å²) in [6.45, 7) is 3.75. The lowest BCUT2D eigenvalue weighted by Gasteiger charge is -2.17. The standard InChI is InChI=1S/C17H22BrN3/c1-2-3-4-5-6-11-16(21-19)17-14(18)12-13-9-7-8-10-15(13)20-17/h2,7-10,12,16,21H,1,3-6,11,19H2. The van der Waals surface area contributed by atoms with Crippen LogP contribution in [-0.4, -0.2) is 4.98 Å². The second-order valence-corrected chi connectivity index (χ2v) is 6.05. The van der Waals surface area contributed by atoms with Crippen LogP contribution in [-0.2, 0) is 0 Å². The van der Waals surface area contributed by atoms with Crippen LogP contribution >= 0.6 is 15.9 Å². The van der Waals surface area contributed by atoms with Crippen LogP contribution in [0.15, 0.2) is 47.5 Å². The Labute approximate surface area is 134 Å². The molecule has 21 heavy (non-hydrogen) atoms. The van der Waals surface area contributed by atoms with Crippen LogP contribution in [0, 0.1) is 0 Å². The first-order valence-electron chi connectivity index (χ1n) is 7.38. The Hall–Kier alpha value is -1.23. The van der Waals surface area contributed by atoms with E-state index in [0.717, 1.165) is 40.3 Å². The fraction of sp³-hybridized carbons (Fsp3) is 0.353. The first-order valence-corrected chi connectivity index (χ1v) is 8.17. The summed E-state index contributed by atoms with van der Waals surface area (Å²) < 4.78 is 1.01. The number of aromatic nitrogens is 1. The lowest BCUT2D eigenvalue weighted by atomic mass is 10.0. The maximum absolute atomic E-state index is 5.73. The van der Waals surface area contributed by atoms with Crippen molar-refractivity contribution in [1.29, 1.82) is 0 Å². The lowest BCUT2D eigenvalue weighted by molar-refractivity contribution is 0.474. The molecule has 3 N–H and O–H groups in total. The van der Waals surface area contributed by atoms with E-state index >= 15 is 0 Å². The lowest BCUT2D eigenvalue weighted by Crippen LogP contribution is -2.29. The number of allylic oxidation sites excluding steroid dienone is 1. The molecule has 0 aliphatic rings. The number of benzene rings is 1. The number of nitrogens with one attached hydrogen (secondary N) is 1. The molecule has 112 valence electrons. The summed E-state index contributed by atoms with van der Waals surface area (Å²) in [6, 6.07) is 10.3. The zero-order chi connectivity index (χ0) is 15.1. The Balaban J connectivity index is 2.10. The van der Waals surface area contributed by atoms with Gasteiger partial charge in [0, 0.05) is 9.86 Å². The number of hydrazine groups is 1. The Morgan fingerprint density at radius 1 is 1.29 bits per heavy atom. The van der Waals surface area contributed by atoms with Crippen molar-refractivity contribution in [3.63, 3.8) is 0 Å². The number of hydrogen-bond donors (Lipinski definition) is 2. The van der Waals surface area contributed by atoms with Gasteiger partial charge in [-0.25, -0.2) is 4.98 Å². The van der Waals surface area contributed by atoms with E-state index in [0.29, 0.717) is 0 Å². The number of unbranched alkanes of at least 4 members (excludes halogenated alkanes) is 3. The quantitative estimate of drug-likeness (QED) is 0.316. The third-order valence-electron chi connectivity index (χ3n) is 3.64. The minimum Gasteiger partial charge on any atom is -0.271 e. The maximum Gasteiger partial charge on any atom is 0.0736 e. The average Bonchev–Trinajstić information content (AvgIpc) is 2.51. The van der Waals surface area contributed by atoms with Crippen molar-refractivity contribution >= 4 is 26.8 Å². The highest BCUT2D eigenvalue weighted by atomic mass is 79.9. The van der Waals surface area contributed by atoms with E-state index in [9.17, 15) is 0 Å². The zero-order valence-corrected chi connectivity index (χ0v) is 13.8. The monoisotopic (exact) mass is 347 g/mol. The molecule has 1 heterocycles. The van der Waals surface area contributed by atoms with Gasteiger partial charge in [0.15, 0.2) is 0 Å². The summed E-state index contributed by atoms with van der Waals surface area (Å²) in [5.74, 6) is 5.73. The van der Waals surface area contributed by atoms with Crippen LogP contribution in [0.5, 0.6) is 0 Å². The maximum atomic E-state index is 5.73. The van der Waals surface area contributed by atoms with Gasteiger partial charge in [-0.2, -0.15) is 0 Å². The molecule has 0 fully saturated rings. The molecule has 0 aliphatic carbocycles. The third-order valence-corrected chi connectivity index (χ3v) is 4.27. The number of halogens is 1. The molecule has 0 saturated heterocycles. The highest BCUT2D eigenvalue weighted by Crippen LogP contribution is 2.28. The van der Waals surface area contributed by atoms with Gasteiger partial charge in [0.2, 0.25) is 0 Å². The van der Waals surface area contributed by atoms with E-state index in [1.807, 2.05) is 24.3 Å². The van der Waals surface area contributed by atoms with E-state index in [1.165, 1.54) is 12.8 Å². The molecule has 2 aromatic rings. The average molecular weight is 348 g/mol. The molecule has 4 heteroatoms. The second kappa shape index (κ2) is 8.27. The Bertz CT molecular complexity index is 598. The molecule has 0 spiro atoms. The van der Waals surface area contributed by atoms with Gasteiger partial charge in [-0.05, 0) is 47.3 Å². The van der Waals surface area contributed by atoms with E-state index in [2.05, 4.69) is 40.1 Å². The SMILES string of the molecule is C=CCCCCCC(NN)c1nc2ccccc2cc1Br. The van der Waals surface area contributed by atoms with Gasteiger partial charge in [0.1, 0.15) is 0 Å². The predicted octanol–water partition coefficient (Wildman–Crippen LogP) is 4.64. The van der Waals surface area contributed by atoms with Crippen LogP contribution in [0.3, 0.4) is 0 Å². The van der Waals surface area contributed by atoms with Gasteiger partial charge in [-0.3, -0.25) is 11.3 Å². The molecule has 1 unspecified atom stereocenters. The van der Waals surface area contributed by atoms with Crippen molar-refractivity contribution in [2.45, 2.75) is 38.1 Å². The minimum absolute atomic E-state index is 0.0766. The van der Waals surface area contributed by atoms with Crippen LogP contribution in [0.25, 0.3) is 10.9 Å². The fourth-order valence-corrected chi connectivity index (χ4v) is 3.07. The van der Waals surface area contributed by atoms with E-state index in [-0.39, 0.29) is 6.04 Å². The summed E-state index contributed by atoms with van der Waals surface area (Å²) in [5, 5.41) is 1.13. The molecular weight excluding hydrogens is 326 g/mol. The number of pyridine rings is 1. The zero-order valence-electron chi connectivity index (χ0n) is 12.2. The molecule has 1 aromatic carbocycles. The first-order chi connectivity index (χ1) is 10.3. The summed E-state index contributed by atoms with van der Waals surface area (Å²) >= 11 is 3.62. The molecule has 1 aromatic heterocycles. The molecule has 0 radical (unpaired) electrons. The van der Waals surface area contributed by atoms with Crippen molar-refractivity contribution < 1.29 is 0 Å². The number of hydrogen-bond acceptors (Lipinski definition) is 3. The molecule has 0 amide bonds. The fourth-order valence-electron chi connectivity index (χ4n) is 2.46. The Morgan fingerprint density at radius 2 is 2.10 bits per heavy atom. The van der Waals surface area contributed by atoms with Gasteiger partial charge in [0.25, 0.3) is 0 Å². The molecular formula is C17H22BrN3. The van der Waals surface area contributed by atoms with Crippen LogP contribution in [0.1, 0.15) is 43.8 Å². The summed E-state index contributed by atoms with van der Waals surface area (Å²) in [7, 11) is 0. The van der Waals surface area contributed by atoms with Gasteiger partial charge >= 0.3 is 0 Å².